The summed E-state index contributed by atoms with van der Waals surface area (Å²) in [7, 11) is 0. The number of hydrogen-bond donors (Lipinski definition) is 1. The Labute approximate surface area is 73.8 Å². The molecule has 0 spiro atoms. The van der Waals surface area contributed by atoms with Crippen LogP contribution in [0.15, 0.2) is 18.2 Å². The van der Waals surface area contributed by atoms with E-state index in [1.807, 2.05) is 0 Å². The highest BCUT2D eigenvalue weighted by Gasteiger charge is 2.25. The Morgan fingerprint density at radius 1 is 1.25 bits per heavy atom. The molecule has 0 radical (unpaired) electrons. The highest BCUT2D eigenvalue weighted by molar-refractivity contribution is 5.63. The predicted octanol–water partition coefficient (Wildman–Crippen LogP) is 2.91. The molecule has 1 nitrogen and oxygen atoms in total. The van der Waals surface area contributed by atoms with Crippen LogP contribution in [0.3, 0.4) is 0 Å². The van der Waals surface area contributed by atoms with E-state index < -0.39 is 0 Å². The van der Waals surface area contributed by atoms with Crippen LogP contribution in [0.2, 0.25) is 0 Å². The minimum absolute atomic E-state index is 0.584. The fourth-order valence-electron chi connectivity index (χ4n) is 1.89. The summed E-state index contributed by atoms with van der Waals surface area (Å²) in [5, 5.41) is 3.52. The van der Waals surface area contributed by atoms with E-state index in [1.54, 1.807) is 0 Å². The smallest absolute Gasteiger partial charge is 0.0408 e. The Morgan fingerprint density at radius 2 is 2.00 bits per heavy atom. The van der Waals surface area contributed by atoms with Crippen LogP contribution in [0, 0.1) is 6.92 Å². The number of nitrogens with one attached hydrogen (secondary N) is 1. The summed E-state index contributed by atoms with van der Waals surface area (Å²) in [6.07, 6.45) is 0. The molecule has 0 unspecified atom stereocenters. The zero-order chi connectivity index (χ0) is 8.72. The molecule has 1 heteroatoms. The lowest BCUT2D eigenvalue weighted by Gasteiger charge is -2.08. The van der Waals surface area contributed by atoms with E-state index in [0.717, 1.165) is 0 Å². The second kappa shape index (κ2) is 2.51. The van der Waals surface area contributed by atoms with E-state index in [4.69, 9.17) is 0 Å². The predicted molar refractivity (Wildman–Crippen MR) is 52.7 cm³/mol. The van der Waals surface area contributed by atoms with Crippen LogP contribution in [0.25, 0.3) is 0 Å². The van der Waals surface area contributed by atoms with Gasteiger partial charge in [-0.3, -0.25) is 0 Å². The van der Waals surface area contributed by atoms with E-state index >= 15 is 0 Å². The Bertz CT molecular complexity index is 304. The standard InChI is InChI=1S/C11H15N/c1-7-5-4-6-10-8(2)9(3)12-11(7)10/h4-6,8-9,12H,1-3H3/t8-,9+/m0/s1. The number of rotatable bonds is 0. The normalized spacial score (nSPS) is 26.6. The average Bonchev–Trinajstić information content (AvgIpc) is 2.32. The monoisotopic (exact) mass is 161 g/mol. The van der Waals surface area contributed by atoms with Gasteiger partial charge in [-0.25, -0.2) is 0 Å². The molecule has 64 valence electrons. The van der Waals surface area contributed by atoms with Gasteiger partial charge in [-0.2, -0.15) is 0 Å². The molecule has 0 aromatic heterocycles. The fraction of sp³-hybridized carbons (Fsp3) is 0.455. The van der Waals surface area contributed by atoms with Gasteiger partial charge in [0, 0.05) is 17.6 Å². The van der Waals surface area contributed by atoms with Gasteiger partial charge >= 0.3 is 0 Å². The highest BCUT2D eigenvalue weighted by Crippen LogP contribution is 2.37. The molecule has 1 aromatic carbocycles. The number of hydrogen-bond acceptors (Lipinski definition) is 1. The lowest BCUT2D eigenvalue weighted by molar-refractivity contribution is 0.690. The topological polar surface area (TPSA) is 12.0 Å². The Balaban J connectivity index is 2.53. The number of benzene rings is 1. The van der Waals surface area contributed by atoms with Crippen LogP contribution in [0.5, 0.6) is 0 Å². The summed E-state index contributed by atoms with van der Waals surface area (Å²) in [5.41, 5.74) is 4.20. The van der Waals surface area contributed by atoms with Crippen LogP contribution in [-0.2, 0) is 0 Å². The first kappa shape index (κ1) is 7.66. The van der Waals surface area contributed by atoms with Crippen molar-refractivity contribution in [2.45, 2.75) is 32.7 Å². The number of fused-ring (bicyclic) bond motifs is 1. The quantitative estimate of drug-likeness (QED) is 0.617. The van der Waals surface area contributed by atoms with Gasteiger partial charge in [0.15, 0.2) is 0 Å². The van der Waals surface area contributed by atoms with Crippen molar-refractivity contribution in [2.24, 2.45) is 0 Å². The highest BCUT2D eigenvalue weighted by atomic mass is 15.0. The van der Waals surface area contributed by atoms with Gasteiger partial charge in [-0.1, -0.05) is 25.1 Å². The van der Waals surface area contributed by atoms with Gasteiger partial charge in [0.05, 0.1) is 0 Å². The molecule has 0 fully saturated rings. The molecule has 0 amide bonds. The zero-order valence-electron chi connectivity index (χ0n) is 7.89. The molecule has 0 saturated carbocycles. The second-order valence-electron chi connectivity index (χ2n) is 3.76. The van der Waals surface area contributed by atoms with E-state index in [1.165, 1.54) is 16.8 Å². The Morgan fingerprint density at radius 3 is 2.67 bits per heavy atom. The molecule has 1 N–H and O–H groups in total. The van der Waals surface area contributed by atoms with Crippen molar-refractivity contribution in [3.8, 4) is 0 Å². The molecule has 0 bridgehead atoms. The number of para-hydroxylation sites is 1. The molecular formula is C11H15N. The van der Waals surface area contributed by atoms with Crippen LogP contribution in [-0.4, -0.2) is 6.04 Å². The first-order valence-corrected chi connectivity index (χ1v) is 4.56. The summed E-state index contributed by atoms with van der Waals surface area (Å²) in [4.78, 5) is 0. The molecular weight excluding hydrogens is 146 g/mol. The molecule has 1 heterocycles. The van der Waals surface area contributed by atoms with E-state index in [0.29, 0.717) is 12.0 Å². The minimum Gasteiger partial charge on any atom is -0.382 e. The fourth-order valence-corrected chi connectivity index (χ4v) is 1.89. The van der Waals surface area contributed by atoms with Crippen molar-refractivity contribution < 1.29 is 0 Å². The van der Waals surface area contributed by atoms with Crippen LogP contribution >= 0.6 is 0 Å². The van der Waals surface area contributed by atoms with E-state index in [-0.39, 0.29) is 0 Å². The Hall–Kier alpha value is -0.980. The SMILES string of the molecule is Cc1cccc2c1N[C@H](C)[C@@H]2C. The van der Waals surface area contributed by atoms with Gasteiger partial charge in [-0.15, -0.1) is 0 Å². The van der Waals surface area contributed by atoms with Crippen LogP contribution < -0.4 is 5.32 Å². The minimum atomic E-state index is 0.584. The van der Waals surface area contributed by atoms with Crippen molar-refractivity contribution in [1.29, 1.82) is 0 Å². The summed E-state index contributed by atoms with van der Waals surface area (Å²) in [5.74, 6) is 0.653. The number of anilines is 1. The van der Waals surface area contributed by atoms with Crippen molar-refractivity contribution in [3.05, 3.63) is 29.3 Å². The molecule has 0 aliphatic carbocycles. The van der Waals surface area contributed by atoms with Gasteiger partial charge in [0.2, 0.25) is 0 Å². The zero-order valence-corrected chi connectivity index (χ0v) is 7.89. The maximum absolute atomic E-state index is 3.52. The number of aryl methyl sites for hydroxylation is 1. The first-order valence-electron chi connectivity index (χ1n) is 4.56. The second-order valence-corrected chi connectivity index (χ2v) is 3.76. The van der Waals surface area contributed by atoms with Gasteiger partial charge in [0.1, 0.15) is 0 Å². The van der Waals surface area contributed by atoms with Crippen molar-refractivity contribution in [3.63, 3.8) is 0 Å². The van der Waals surface area contributed by atoms with Crippen LogP contribution in [0.4, 0.5) is 5.69 Å². The third kappa shape index (κ3) is 0.927. The van der Waals surface area contributed by atoms with Crippen molar-refractivity contribution >= 4 is 5.69 Å². The van der Waals surface area contributed by atoms with Gasteiger partial charge in [0.25, 0.3) is 0 Å². The van der Waals surface area contributed by atoms with Crippen molar-refractivity contribution in [2.75, 3.05) is 5.32 Å². The summed E-state index contributed by atoms with van der Waals surface area (Å²) >= 11 is 0. The molecule has 1 aliphatic heterocycles. The Kier molecular flexibility index (Phi) is 1.60. The molecule has 2 atom stereocenters. The van der Waals surface area contributed by atoms with Crippen LogP contribution in [0.1, 0.15) is 30.9 Å². The first-order chi connectivity index (χ1) is 5.70. The molecule has 2 rings (SSSR count). The summed E-state index contributed by atoms with van der Waals surface area (Å²) in [6, 6.07) is 7.12. The van der Waals surface area contributed by atoms with E-state index in [9.17, 15) is 0 Å². The summed E-state index contributed by atoms with van der Waals surface area (Å²) < 4.78 is 0. The third-order valence-corrected chi connectivity index (χ3v) is 2.92. The molecule has 1 aromatic rings. The van der Waals surface area contributed by atoms with E-state index in [2.05, 4.69) is 44.3 Å². The maximum Gasteiger partial charge on any atom is 0.0408 e. The average molecular weight is 161 g/mol. The van der Waals surface area contributed by atoms with Gasteiger partial charge in [-0.05, 0) is 25.0 Å². The third-order valence-electron chi connectivity index (χ3n) is 2.92. The molecule has 1 aliphatic rings. The lowest BCUT2D eigenvalue weighted by Crippen LogP contribution is -2.12. The molecule has 0 saturated heterocycles. The largest absolute Gasteiger partial charge is 0.382 e. The lowest BCUT2D eigenvalue weighted by atomic mass is 9.97. The maximum atomic E-state index is 3.52. The van der Waals surface area contributed by atoms with Gasteiger partial charge < -0.3 is 5.32 Å². The van der Waals surface area contributed by atoms with Crippen molar-refractivity contribution in [1.82, 2.24) is 0 Å². The molecule has 12 heavy (non-hydrogen) atoms. The summed E-state index contributed by atoms with van der Waals surface area (Å²) in [6.45, 7) is 6.68.